The highest BCUT2D eigenvalue weighted by atomic mass is 16.3. The van der Waals surface area contributed by atoms with E-state index in [1.165, 1.54) is 44.5 Å². The van der Waals surface area contributed by atoms with Gasteiger partial charge in [0.2, 0.25) is 0 Å². The Morgan fingerprint density at radius 3 is 0.379 bits per heavy atom. The van der Waals surface area contributed by atoms with Crippen LogP contribution in [0.4, 0.5) is 0 Å². The van der Waals surface area contributed by atoms with E-state index in [1.54, 1.807) is 0 Å². The van der Waals surface area contributed by atoms with Crippen LogP contribution in [0.5, 0.6) is 0 Å². The van der Waals surface area contributed by atoms with E-state index in [4.69, 9.17) is 0 Å². The Balaban J connectivity index is 0.000000176. The van der Waals surface area contributed by atoms with Crippen molar-refractivity contribution >= 4 is 0 Å². The van der Waals surface area contributed by atoms with Crippen molar-refractivity contribution < 1.29 is 20.4 Å². The van der Waals surface area contributed by atoms with Gasteiger partial charge < -0.3 is 20.4 Å². The summed E-state index contributed by atoms with van der Waals surface area (Å²) >= 11 is 0. The molecule has 14 aromatic rings. The second-order valence-electron chi connectivity index (χ2n) is 44.3. The van der Waals surface area contributed by atoms with E-state index in [0.717, 1.165) is 156 Å². The molecule has 0 atom stereocenters. The van der Waals surface area contributed by atoms with Gasteiger partial charge in [-0.2, -0.15) is 0 Å². The number of aliphatic hydroxyl groups is 4. The fourth-order valence-electron chi connectivity index (χ4n) is 20.0. The van der Waals surface area contributed by atoms with Gasteiger partial charge in [0.15, 0.2) is 0 Å². The molecule has 4 aliphatic carbocycles. The average Bonchev–Trinajstić information content (AvgIpc) is 1.56. The van der Waals surface area contributed by atoms with Crippen molar-refractivity contribution in [2.75, 3.05) is 0 Å². The summed E-state index contributed by atoms with van der Waals surface area (Å²) in [6.07, 6.45) is 0. The van der Waals surface area contributed by atoms with Gasteiger partial charge in [-0.25, -0.2) is 0 Å². The number of rotatable bonds is 8. The molecule has 0 aromatic heterocycles. The lowest BCUT2D eigenvalue weighted by Crippen LogP contribution is -2.28. The topological polar surface area (TPSA) is 80.9 Å². The minimum atomic E-state index is -1.38. The molecule has 0 amide bonds. The summed E-state index contributed by atoms with van der Waals surface area (Å²) in [7, 11) is 0. The molecule has 0 spiro atoms. The van der Waals surface area contributed by atoms with Gasteiger partial charge in [0.1, 0.15) is 22.4 Å². The summed E-state index contributed by atoms with van der Waals surface area (Å²) in [5.74, 6) is 0. The van der Waals surface area contributed by atoms with Crippen LogP contribution in [0, 0.1) is 0 Å². The van der Waals surface area contributed by atoms with Gasteiger partial charge in [0.05, 0.1) is 0 Å². The summed E-state index contributed by atoms with van der Waals surface area (Å²) in [5, 5.41) is 54.3. The first-order chi connectivity index (χ1) is 58.0. The molecule has 4 N–H and O–H groups in total. The zero-order valence-corrected chi connectivity index (χ0v) is 77.5. The zero-order chi connectivity index (χ0) is 88.7. The predicted octanol–water partition coefficient (Wildman–Crippen LogP) is 29.5. The van der Waals surface area contributed by atoms with Crippen molar-refractivity contribution in [1.29, 1.82) is 0 Å². The molecule has 0 aliphatic heterocycles. The van der Waals surface area contributed by atoms with Gasteiger partial charge in [-0.05, 0) is 177 Å². The molecule has 14 aromatic carbocycles. The number of hydrogen-bond donors (Lipinski definition) is 4. The largest absolute Gasteiger partial charge is 0.376 e. The third-order valence-corrected chi connectivity index (χ3v) is 27.6. The highest BCUT2D eigenvalue weighted by Crippen LogP contribution is 2.61. The lowest BCUT2D eigenvalue weighted by atomic mass is 9.76. The Labute approximate surface area is 738 Å². The van der Waals surface area contributed by atoms with Gasteiger partial charge in [0.25, 0.3) is 0 Å². The molecule has 0 unspecified atom stereocenters. The van der Waals surface area contributed by atoms with Crippen LogP contribution in [-0.4, -0.2) is 20.4 Å². The van der Waals surface area contributed by atoms with E-state index in [2.05, 4.69) is 457 Å². The molecular weight excluding hydrogens is 1510 g/mol. The first-order valence-corrected chi connectivity index (χ1v) is 44.8. The van der Waals surface area contributed by atoms with Gasteiger partial charge in [-0.15, -0.1) is 0 Å². The van der Waals surface area contributed by atoms with Crippen molar-refractivity contribution in [1.82, 2.24) is 0 Å². The van der Waals surface area contributed by atoms with E-state index >= 15 is 0 Å². The first-order valence-electron chi connectivity index (χ1n) is 44.8. The number of benzene rings is 14. The molecule has 4 aliphatic rings. The van der Waals surface area contributed by atoms with E-state index < -0.39 is 22.4 Å². The quantitative estimate of drug-likeness (QED) is 0.122. The lowest BCUT2D eigenvalue weighted by Gasteiger charge is -2.32. The lowest BCUT2D eigenvalue weighted by molar-refractivity contribution is 0.130. The fourth-order valence-corrected chi connectivity index (χ4v) is 20.0. The Hall–Kier alpha value is -11.1. The molecule has 0 bridgehead atoms. The van der Waals surface area contributed by atoms with Gasteiger partial charge in [0, 0.05) is 66.8 Å². The molecule has 628 valence electrons. The second-order valence-corrected chi connectivity index (χ2v) is 44.3. The Morgan fingerprint density at radius 1 is 0.137 bits per heavy atom. The minimum Gasteiger partial charge on any atom is -0.376 e. The maximum Gasteiger partial charge on any atom is 0.142 e. The number of fused-ring (bicyclic) bond motifs is 12. The monoisotopic (exact) mass is 1630 g/mol. The van der Waals surface area contributed by atoms with E-state index in [9.17, 15) is 20.4 Å². The van der Waals surface area contributed by atoms with Crippen LogP contribution >= 0.6 is 0 Å². The standard InChI is InChI=1S/2C60H62O2/c2*1-55(2,3)39-25-29-45-46-30-26-40(56(4,5)6)34-52(46)59(61,51(45)33-39)49-19-15-13-17-43(49)37-21-23-38(24-22-37)44-18-14-16-20-50(44)60(62)53-35-41(57(7,8)9)27-31-47(53)48-32-28-42(36-54(48)60)58(10,11)12/h2*13-36,61-62H,1-12H3. The van der Waals surface area contributed by atoms with E-state index in [0.29, 0.717) is 0 Å². The molecule has 18 rings (SSSR count). The molecule has 4 heteroatoms. The van der Waals surface area contributed by atoms with Crippen molar-refractivity contribution in [3.8, 4) is 89.0 Å². The Bertz CT molecular complexity index is 5540. The van der Waals surface area contributed by atoms with Gasteiger partial charge in [-0.1, -0.05) is 457 Å². The van der Waals surface area contributed by atoms with Crippen molar-refractivity contribution in [3.05, 3.63) is 402 Å². The van der Waals surface area contributed by atoms with Crippen molar-refractivity contribution in [3.63, 3.8) is 0 Å². The Kier molecular flexibility index (Phi) is 20.1. The minimum absolute atomic E-state index is 0.0908. The average molecular weight is 1630 g/mol. The van der Waals surface area contributed by atoms with Crippen molar-refractivity contribution in [2.24, 2.45) is 0 Å². The van der Waals surface area contributed by atoms with Crippen LogP contribution < -0.4 is 0 Å². The maximum atomic E-state index is 13.6. The summed E-state index contributed by atoms with van der Waals surface area (Å²) in [4.78, 5) is 0. The van der Waals surface area contributed by atoms with Gasteiger partial charge in [-0.3, -0.25) is 0 Å². The fraction of sp³-hybridized carbons (Fsp3) is 0.300. The predicted molar refractivity (Wildman–Crippen MR) is 520 cm³/mol. The molecular formula is C120H124O4. The summed E-state index contributed by atoms with van der Waals surface area (Å²) in [6, 6.07) is 104. The molecule has 0 saturated carbocycles. The van der Waals surface area contributed by atoms with Crippen LogP contribution in [0.25, 0.3) is 89.0 Å². The van der Waals surface area contributed by atoms with E-state index in [1.807, 2.05) is 0 Å². The smallest absolute Gasteiger partial charge is 0.142 e. The normalized spacial score (nSPS) is 15.2. The summed E-state index contributed by atoms with van der Waals surface area (Å²) in [5.41, 5.74) is 30.8. The summed E-state index contributed by atoms with van der Waals surface area (Å²) in [6.45, 7) is 53.6. The molecule has 0 fully saturated rings. The maximum absolute atomic E-state index is 13.6. The molecule has 0 heterocycles. The number of hydrogen-bond acceptors (Lipinski definition) is 4. The molecule has 4 nitrogen and oxygen atoms in total. The molecule has 0 saturated heterocycles. The first kappa shape index (κ1) is 85.1. The SMILES string of the molecule is CC(C)(C)c1ccc2c(c1)C(O)(c1ccccc1-c1ccc(-c3ccccc3C3(O)c4cc(C(C)(C)C)ccc4-c4ccc(C(C)(C)C)cc43)cc1)c1cc(C(C)(C)C)ccc1-2.CC(C)(C)c1ccc2c(c1)C(O)(c1ccccc1-c1ccc(-c3ccccc3C3(O)c4cc(C(C)(C)C)ccc4-c4ccc(C(C)(C)C)cc43)cc1)c1cc(C(C)(C)C)ccc1-2. The van der Waals surface area contributed by atoms with Gasteiger partial charge >= 0.3 is 0 Å². The van der Waals surface area contributed by atoms with E-state index in [-0.39, 0.29) is 43.3 Å². The van der Waals surface area contributed by atoms with Crippen LogP contribution in [-0.2, 0) is 65.7 Å². The van der Waals surface area contributed by atoms with Crippen LogP contribution in [0.2, 0.25) is 0 Å². The third kappa shape index (κ3) is 14.0. The molecule has 0 radical (unpaired) electrons. The van der Waals surface area contributed by atoms with Crippen LogP contribution in [0.3, 0.4) is 0 Å². The molecule has 124 heavy (non-hydrogen) atoms. The van der Waals surface area contributed by atoms with Crippen LogP contribution in [0.15, 0.2) is 291 Å². The second kappa shape index (κ2) is 29.3. The Morgan fingerprint density at radius 2 is 0.258 bits per heavy atom. The van der Waals surface area contributed by atoms with Crippen molar-refractivity contribution in [2.45, 2.75) is 232 Å². The highest BCUT2D eigenvalue weighted by molar-refractivity contribution is 5.92. The highest BCUT2D eigenvalue weighted by Gasteiger charge is 2.51. The zero-order valence-electron chi connectivity index (χ0n) is 77.5. The summed E-state index contributed by atoms with van der Waals surface area (Å²) < 4.78 is 0. The third-order valence-electron chi connectivity index (χ3n) is 27.6. The van der Waals surface area contributed by atoms with Crippen LogP contribution in [0.1, 0.15) is 277 Å².